The number of nitrogens with zero attached hydrogens (tertiary/aromatic N) is 1. The molecular formula is C6H13N3O. The van der Waals surface area contributed by atoms with Gasteiger partial charge >= 0.3 is 0 Å². The Morgan fingerprint density at radius 3 is 2.70 bits per heavy atom. The van der Waals surface area contributed by atoms with E-state index in [0.717, 1.165) is 6.42 Å². The number of carbonyl (C=O) groups is 1. The molecule has 0 fully saturated rings. The zero-order valence-electron chi connectivity index (χ0n) is 6.35. The Kier molecular flexibility index (Phi) is 4.28. The van der Waals surface area contributed by atoms with Crippen molar-refractivity contribution in [1.82, 2.24) is 5.32 Å². The molecule has 58 valence electrons. The van der Waals surface area contributed by atoms with Crippen LogP contribution in [-0.4, -0.2) is 18.4 Å². The van der Waals surface area contributed by atoms with E-state index in [-0.39, 0.29) is 11.9 Å². The van der Waals surface area contributed by atoms with Crippen molar-refractivity contribution in [2.24, 2.45) is 10.7 Å². The first-order chi connectivity index (χ1) is 4.66. The second-order valence-corrected chi connectivity index (χ2v) is 1.95. The van der Waals surface area contributed by atoms with Crippen LogP contribution in [0.4, 0.5) is 0 Å². The highest BCUT2D eigenvalue weighted by molar-refractivity contribution is 5.94. The number of carbonyl (C=O) groups excluding carboxylic acids is 1. The first-order valence-corrected chi connectivity index (χ1v) is 3.24. The van der Waals surface area contributed by atoms with E-state index in [9.17, 15) is 4.79 Å². The highest BCUT2D eigenvalue weighted by Crippen LogP contribution is 1.75. The van der Waals surface area contributed by atoms with Gasteiger partial charge < -0.3 is 5.73 Å². The van der Waals surface area contributed by atoms with Crippen LogP contribution in [0.3, 0.4) is 0 Å². The number of nitrogens with one attached hydrogen (secondary N) is 1. The molecule has 0 radical (unpaired) electrons. The predicted molar refractivity (Wildman–Crippen MR) is 40.6 cm³/mol. The van der Waals surface area contributed by atoms with E-state index in [1.54, 1.807) is 0 Å². The second kappa shape index (κ2) is 4.78. The maximum absolute atomic E-state index is 10.3. The first kappa shape index (κ1) is 8.94. The summed E-state index contributed by atoms with van der Waals surface area (Å²) in [5.74, 6) is 0.0201. The summed E-state index contributed by atoms with van der Waals surface area (Å²) >= 11 is 0. The van der Waals surface area contributed by atoms with Crippen LogP contribution in [0.15, 0.2) is 4.99 Å². The third-order valence-corrected chi connectivity index (χ3v) is 0.810. The van der Waals surface area contributed by atoms with Gasteiger partial charge in [-0.15, -0.1) is 0 Å². The monoisotopic (exact) mass is 143 g/mol. The molecule has 0 aliphatic carbocycles. The third kappa shape index (κ3) is 5.08. The van der Waals surface area contributed by atoms with Crippen LogP contribution in [0.1, 0.15) is 20.3 Å². The Hall–Kier alpha value is -1.06. The first-order valence-electron chi connectivity index (χ1n) is 3.24. The second-order valence-electron chi connectivity index (χ2n) is 1.95. The van der Waals surface area contributed by atoms with Crippen LogP contribution in [0.25, 0.3) is 0 Å². The average Bonchev–Trinajstić information content (AvgIpc) is 1.82. The summed E-state index contributed by atoms with van der Waals surface area (Å²) in [7, 11) is 0. The molecule has 0 saturated heterocycles. The molecule has 0 saturated carbocycles. The van der Waals surface area contributed by atoms with Gasteiger partial charge in [0.05, 0.1) is 0 Å². The summed E-state index contributed by atoms with van der Waals surface area (Å²) in [5.41, 5.74) is 5.28. The van der Waals surface area contributed by atoms with Crippen molar-refractivity contribution in [2.75, 3.05) is 6.54 Å². The van der Waals surface area contributed by atoms with Crippen LogP contribution >= 0.6 is 0 Å². The van der Waals surface area contributed by atoms with Gasteiger partial charge in [0.2, 0.25) is 5.91 Å². The average molecular weight is 143 g/mol. The quantitative estimate of drug-likeness (QED) is 0.417. The molecule has 3 N–H and O–H groups in total. The summed E-state index contributed by atoms with van der Waals surface area (Å²) in [4.78, 5) is 14.2. The molecule has 0 rings (SSSR count). The molecule has 0 atom stereocenters. The molecular weight excluding hydrogens is 130 g/mol. The molecule has 0 heterocycles. The molecule has 0 aliphatic rings. The molecule has 0 spiro atoms. The zero-order chi connectivity index (χ0) is 7.98. The van der Waals surface area contributed by atoms with Crippen LogP contribution < -0.4 is 11.1 Å². The van der Waals surface area contributed by atoms with Crippen molar-refractivity contribution >= 4 is 11.9 Å². The lowest BCUT2D eigenvalue weighted by Crippen LogP contribution is -2.35. The normalized spacial score (nSPS) is 11.2. The van der Waals surface area contributed by atoms with Crippen molar-refractivity contribution < 1.29 is 4.79 Å². The number of hydrogen-bond acceptors (Lipinski definition) is 2. The lowest BCUT2D eigenvalue weighted by molar-refractivity contribution is -0.117. The number of guanidine groups is 1. The topological polar surface area (TPSA) is 67.5 Å². The van der Waals surface area contributed by atoms with Gasteiger partial charge in [0.25, 0.3) is 0 Å². The minimum Gasteiger partial charge on any atom is -0.370 e. The Bertz CT molecular complexity index is 142. The number of amides is 1. The van der Waals surface area contributed by atoms with E-state index in [1.807, 2.05) is 6.92 Å². The van der Waals surface area contributed by atoms with Crippen molar-refractivity contribution in [1.29, 1.82) is 0 Å². The van der Waals surface area contributed by atoms with Gasteiger partial charge in [-0.2, -0.15) is 0 Å². The summed E-state index contributed by atoms with van der Waals surface area (Å²) in [6.45, 7) is 4.05. The lowest BCUT2D eigenvalue weighted by Gasteiger charge is -1.98. The summed E-state index contributed by atoms with van der Waals surface area (Å²) < 4.78 is 0. The van der Waals surface area contributed by atoms with E-state index >= 15 is 0 Å². The standard InChI is InChI=1S/C6H13N3O/c1-3-4-8-6(7)9-5(2)10/h3-4H2,1-2H3,(H3,7,8,9,10). The molecule has 0 aromatic carbocycles. The minimum atomic E-state index is -0.183. The Morgan fingerprint density at radius 2 is 2.30 bits per heavy atom. The number of aliphatic imine (C=N–C) groups is 1. The van der Waals surface area contributed by atoms with E-state index in [2.05, 4.69) is 10.3 Å². The fourth-order valence-electron chi connectivity index (χ4n) is 0.452. The van der Waals surface area contributed by atoms with Crippen LogP contribution in [0, 0.1) is 0 Å². The number of hydrogen-bond donors (Lipinski definition) is 2. The fourth-order valence-corrected chi connectivity index (χ4v) is 0.452. The molecule has 1 amide bonds. The Morgan fingerprint density at radius 1 is 1.70 bits per heavy atom. The number of nitrogens with two attached hydrogens (primary N) is 1. The van der Waals surface area contributed by atoms with Crippen molar-refractivity contribution in [2.45, 2.75) is 20.3 Å². The molecule has 0 aromatic rings. The van der Waals surface area contributed by atoms with Gasteiger partial charge in [-0.25, -0.2) is 0 Å². The predicted octanol–water partition coefficient (Wildman–Crippen LogP) is -0.153. The maximum atomic E-state index is 10.3. The minimum absolute atomic E-state index is 0.183. The Balaban J connectivity index is 3.59. The van der Waals surface area contributed by atoms with Gasteiger partial charge in [0, 0.05) is 13.5 Å². The van der Waals surface area contributed by atoms with Gasteiger partial charge in [-0.3, -0.25) is 15.1 Å². The zero-order valence-corrected chi connectivity index (χ0v) is 6.35. The van der Waals surface area contributed by atoms with E-state index < -0.39 is 0 Å². The molecule has 4 heteroatoms. The van der Waals surface area contributed by atoms with E-state index in [1.165, 1.54) is 6.92 Å². The largest absolute Gasteiger partial charge is 0.370 e. The maximum Gasteiger partial charge on any atom is 0.223 e. The van der Waals surface area contributed by atoms with Crippen LogP contribution in [0.2, 0.25) is 0 Å². The van der Waals surface area contributed by atoms with E-state index in [4.69, 9.17) is 5.73 Å². The summed E-state index contributed by atoms with van der Waals surface area (Å²) in [5, 5.41) is 2.37. The molecule has 10 heavy (non-hydrogen) atoms. The van der Waals surface area contributed by atoms with Gasteiger partial charge in [0.1, 0.15) is 0 Å². The van der Waals surface area contributed by atoms with E-state index in [0.29, 0.717) is 6.54 Å². The lowest BCUT2D eigenvalue weighted by atomic mass is 10.5. The van der Waals surface area contributed by atoms with Crippen molar-refractivity contribution in [3.63, 3.8) is 0 Å². The fraction of sp³-hybridized carbons (Fsp3) is 0.667. The molecule has 0 bridgehead atoms. The van der Waals surface area contributed by atoms with Gasteiger partial charge in [-0.1, -0.05) is 6.92 Å². The molecule has 0 unspecified atom stereocenters. The van der Waals surface area contributed by atoms with Crippen molar-refractivity contribution in [3.05, 3.63) is 0 Å². The summed E-state index contributed by atoms with van der Waals surface area (Å²) in [6, 6.07) is 0. The molecule has 0 aliphatic heterocycles. The SMILES string of the molecule is CCCN=C(N)NC(C)=O. The van der Waals surface area contributed by atoms with Gasteiger partial charge in [0.15, 0.2) is 5.96 Å². The Labute approximate surface area is 60.5 Å². The number of rotatable bonds is 2. The third-order valence-electron chi connectivity index (χ3n) is 0.810. The molecule has 4 nitrogen and oxygen atoms in total. The molecule has 0 aromatic heterocycles. The van der Waals surface area contributed by atoms with Crippen LogP contribution in [-0.2, 0) is 4.79 Å². The smallest absolute Gasteiger partial charge is 0.223 e. The van der Waals surface area contributed by atoms with Crippen LogP contribution in [0.5, 0.6) is 0 Å². The van der Waals surface area contributed by atoms with Gasteiger partial charge in [-0.05, 0) is 6.42 Å². The van der Waals surface area contributed by atoms with Crippen molar-refractivity contribution in [3.8, 4) is 0 Å². The summed E-state index contributed by atoms with van der Waals surface area (Å²) in [6.07, 6.45) is 0.931. The highest BCUT2D eigenvalue weighted by atomic mass is 16.1. The highest BCUT2D eigenvalue weighted by Gasteiger charge is 1.91.